The summed E-state index contributed by atoms with van der Waals surface area (Å²) in [7, 11) is 3.26. The molecule has 0 bridgehead atoms. The van der Waals surface area contributed by atoms with Crippen molar-refractivity contribution in [2.45, 2.75) is 0 Å². The molecule has 86 valence electrons. The van der Waals surface area contributed by atoms with Crippen molar-refractivity contribution in [3.05, 3.63) is 33.9 Å². The molecule has 0 radical (unpaired) electrons. The highest BCUT2D eigenvalue weighted by atomic mass is 19.1. The third-order valence-electron chi connectivity index (χ3n) is 1.63. The van der Waals surface area contributed by atoms with Crippen molar-refractivity contribution < 1.29 is 13.7 Å². The van der Waals surface area contributed by atoms with Gasteiger partial charge in [-0.15, -0.1) is 0 Å². The molecule has 0 aliphatic rings. The number of nitrogens with zero attached hydrogens (tertiary/aromatic N) is 3. The number of rotatable bonds is 3. The summed E-state index contributed by atoms with van der Waals surface area (Å²) >= 11 is 0. The molecule has 0 saturated heterocycles. The van der Waals surface area contributed by atoms with E-state index in [1.165, 1.54) is 11.2 Å². The second-order valence-corrected chi connectivity index (χ2v) is 3.22. The number of halogens is 2. The van der Waals surface area contributed by atoms with Crippen LogP contribution in [0.3, 0.4) is 0 Å². The maximum Gasteiger partial charge on any atom is 0.275 e. The SMILES string of the molecule is CN(C)C=Nc1c(F)cc([N+](=O)[O-])cc1F. The fourth-order valence-corrected chi connectivity index (χ4v) is 0.954. The number of hydrogen-bond acceptors (Lipinski definition) is 3. The Balaban J connectivity index is 3.18. The van der Waals surface area contributed by atoms with Crippen LogP contribution >= 0.6 is 0 Å². The highest BCUT2D eigenvalue weighted by Crippen LogP contribution is 2.26. The Hall–Kier alpha value is -2.05. The van der Waals surface area contributed by atoms with Gasteiger partial charge in [0.15, 0.2) is 11.6 Å². The van der Waals surface area contributed by atoms with Crippen LogP contribution in [0.4, 0.5) is 20.2 Å². The van der Waals surface area contributed by atoms with Crippen LogP contribution < -0.4 is 0 Å². The van der Waals surface area contributed by atoms with E-state index >= 15 is 0 Å². The summed E-state index contributed by atoms with van der Waals surface area (Å²) in [6.07, 6.45) is 1.20. The first kappa shape index (κ1) is 12.0. The normalized spacial score (nSPS) is 10.8. The summed E-state index contributed by atoms with van der Waals surface area (Å²) in [6.45, 7) is 0. The molecule has 0 aromatic heterocycles. The maximum absolute atomic E-state index is 13.2. The summed E-state index contributed by atoms with van der Waals surface area (Å²) in [4.78, 5) is 14.5. The number of hydrogen-bond donors (Lipinski definition) is 0. The first-order chi connectivity index (χ1) is 7.41. The number of benzene rings is 1. The lowest BCUT2D eigenvalue weighted by molar-refractivity contribution is -0.385. The van der Waals surface area contributed by atoms with Crippen molar-refractivity contribution in [3.8, 4) is 0 Å². The molecule has 0 spiro atoms. The average molecular weight is 229 g/mol. The molecular weight excluding hydrogens is 220 g/mol. The molecule has 0 fully saturated rings. The predicted octanol–water partition coefficient (Wildman–Crippen LogP) is 2.09. The zero-order chi connectivity index (χ0) is 12.3. The summed E-state index contributed by atoms with van der Waals surface area (Å²) in [5.41, 5.74) is -1.18. The van der Waals surface area contributed by atoms with Gasteiger partial charge in [-0.05, 0) is 0 Å². The van der Waals surface area contributed by atoms with E-state index in [0.717, 1.165) is 0 Å². The Morgan fingerprint density at radius 2 is 1.88 bits per heavy atom. The van der Waals surface area contributed by atoms with Crippen molar-refractivity contribution >= 4 is 17.7 Å². The molecule has 0 heterocycles. The molecule has 0 saturated carbocycles. The van der Waals surface area contributed by atoms with Gasteiger partial charge in [-0.3, -0.25) is 10.1 Å². The second-order valence-electron chi connectivity index (χ2n) is 3.22. The van der Waals surface area contributed by atoms with Crippen LogP contribution in [-0.2, 0) is 0 Å². The zero-order valence-electron chi connectivity index (χ0n) is 8.65. The second kappa shape index (κ2) is 4.65. The van der Waals surface area contributed by atoms with Crippen LogP contribution in [-0.4, -0.2) is 30.3 Å². The minimum absolute atomic E-state index is 0.542. The molecule has 0 N–H and O–H groups in total. The minimum atomic E-state index is -1.07. The summed E-state index contributed by atoms with van der Waals surface area (Å²) in [6, 6.07) is 1.26. The fraction of sp³-hybridized carbons (Fsp3) is 0.222. The lowest BCUT2D eigenvalue weighted by Crippen LogP contribution is -2.07. The van der Waals surface area contributed by atoms with Crippen LogP contribution in [0, 0.1) is 21.7 Å². The van der Waals surface area contributed by atoms with Gasteiger partial charge in [-0.2, -0.15) is 0 Å². The highest BCUT2D eigenvalue weighted by Gasteiger charge is 2.16. The van der Waals surface area contributed by atoms with E-state index in [4.69, 9.17) is 0 Å². The van der Waals surface area contributed by atoms with Gasteiger partial charge in [0.25, 0.3) is 5.69 Å². The van der Waals surface area contributed by atoms with Crippen molar-refractivity contribution in [3.63, 3.8) is 0 Å². The van der Waals surface area contributed by atoms with Gasteiger partial charge in [0.1, 0.15) is 5.69 Å². The van der Waals surface area contributed by atoms with E-state index in [1.807, 2.05) is 0 Å². The van der Waals surface area contributed by atoms with Gasteiger partial charge in [0, 0.05) is 14.1 Å². The molecule has 1 aromatic rings. The number of nitro groups is 1. The molecule has 16 heavy (non-hydrogen) atoms. The van der Waals surface area contributed by atoms with Gasteiger partial charge in [0.05, 0.1) is 23.4 Å². The zero-order valence-corrected chi connectivity index (χ0v) is 8.65. The third kappa shape index (κ3) is 2.72. The molecule has 0 aliphatic heterocycles. The minimum Gasteiger partial charge on any atom is -0.369 e. The van der Waals surface area contributed by atoms with Crippen LogP contribution in [0.25, 0.3) is 0 Å². The molecule has 1 rings (SSSR count). The quantitative estimate of drug-likeness (QED) is 0.345. The van der Waals surface area contributed by atoms with E-state index < -0.39 is 27.9 Å². The number of non-ortho nitro benzene ring substituents is 1. The number of nitro benzene ring substituents is 1. The Labute approximate surface area is 90.2 Å². The maximum atomic E-state index is 13.2. The van der Waals surface area contributed by atoms with E-state index in [1.54, 1.807) is 14.1 Å². The monoisotopic (exact) mass is 229 g/mol. The number of aliphatic imine (C=N–C) groups is 1. The van der Waals surface area contributed by atoms with E-state index in [2.05, 4.69) is 4.99 Å². The van der Waals surface area contributed by atoms with Gasteiger partial charge < -0.3 is 4.90 Å². The van der Waals surface area contributed by atoms with Crippen molar-refractivity contribution in [1.29, 1.82) is 0 Å². The predicted molar refractivity (Wildman–Crippen MR) is 54.9 cm³/mol. The largest absolute Gasteiger partial charge is 0.369 e. The van der Waals surface area contributed by atoms with Crippen molar-refractivity contribution in [1.82, 2.24) is 4.90 Å². The lowest BCUT2D eigenvalue weighted by Gasteiger charge is -2.03. The topological polar surface area (TPSA) is 58.7 Å². The van der Waals surface area contributed by atoms with Crippen molar-refractivity contribution in [2.75, 3.05) is 14.1 Å². The van der Waals surface area contributed by atoms with Crippen LogP contribution in [0.1, 0.15) is 0 Å². The Kier molecular flexibility index (Phi) is 3.49. The van der Waals surface area contributed by atoms with Gasteiger partial charge in [0.2, 0.25) is 0 Å². The third-order valence-corrected chi connectivity index (χ3v) is 1.63. The van der Waals surface area contributed by atoms with Crippen LogP contribution in [0.15, 0.2) is 17.1 Å². The average Bonchev–Trinajstić information content (AvgIpc) is 2.15. The molecule has 5 nitrogen and oxygen atoms in total. The summed E-state index contributed by atoms with van der Waals surface area (Å²) < 4.78 is 26.5. The molecule has 7 heteroatoms. The smallest absolute Gasteiger partial charge is 0.275 e. The van der Waals surface area contributed by atoms with Gasteiger partial charge >= 0.3 is 0 Å². The first-order valence-corrected chi connectivity index (χ1v) is 4.26. The van der Waals surface area contributed by atoms with E-state index in [-0.39, 0.29) is 0 Å². The first-order valence-electron chi connectivity index (χ1n) is 4.26. The Morgan fingerprint density at radius 3 is 2.25 bits per heavy atom. The fourth-order valence-electron chi connectivity index (χ4n) is 0.954. The van der Waals surface area contributed by atoms with Crippen LogP contribution in [0.5, 0.6) is 0 Å². The molecular formula is C9H9F2N3O2. The van der Waals surface area contributed by atoms with E-state index in [9.17, 15) is 18.9 Å². The molecule has 0 amide bonds. The summed E-state index contributed by atoms with van der Waals surface area (Å²) in [5, 5.41) is 10.3. The van der Waals surface area contributed by atoms with Crippen LogP contribution in [0.2, 0.25) is 0 Å². The molecule has 0 atom stereocenters. The van der Waals surface area contributed by atoms with Crippen molar-refractivity contribution in [2.24, 2.45) is 4.99 Å². The Bertz CT molecular complexity index is 423. The Morgan fingerprint density at radius 1 is 1.38 bits per heavy atom. The molecule has 0 unspecified atom stereocenters. The standard InChI is InChI=1S/C9H9F2N3O2/c1-13(2)5-12-9-7(10)3-6(14(15)16)4-8(9)11/h3-5H,1-2H3. The summed E-state index contributed by atoms with van der Waals surface area (Å²) in [5.74, 6) is -2.13. The molecule has 1 aromatic carbocycles. The highest BCUT2D eigenvalue weighted by molar-refractivity contribution is 5.62. The lowest BCUT2D eigenvalue weighted by atomic mass is 10.2. The molecule has 0 aliphatic carbocycles. The van der Waals surface area contributed by atoms with E-state index in [0.29, 0.717) is 12.1 Å². The van der Waals surface area contributed by atoms with Gasteiger partial charge in [-0.1, -0.05) is 0 Å². The van der Waals surface area contributed by atoms with Gasteiger partial charge in [-0.25, -0.2) is 13.8 Å².